The molecule has 1 heterocycles. The summed E-state index contributed by atoms with van der Waals surface area (Å²) in [5.41, 5.74) is 1.28. The van der Waals surface area contributed by atoms with Gasteiger partial charge in [-0.05, 0) is 35.9 Å². The van der Waals surface area contributed by atoms with E-state index < -0.39 is 12.0 Å². The summed E-state index contributed by atoms with van der Waals surface area (Å²) in [6.07, 6.45) is -1.52. The van der Waals surface area contributed by atoms with E-state index in [9.17, 15) is 9.18 Å². The molecule has 0 saturated heterocycles. The second-order valence-electron chi connectivity index (χ2n) is 4.98. The van der Waals surface area contributed by atoms with Gasteiger partial charge >= 0.3 is 6.16 Å². The van der Waals surface area contributed by atoms with Crippen molar-refractivity contribution in [1.29, 1.82) is 0 Å². The van der Waals surface area contributed by atoms with Crippen LogP contribution in [0.1, 0.15) is 5.56 Å². The molecule has 1 aromatic heterocycles. The third-order valence-electron chi connectivity index (χ3n) is 3.43. The summed E-state index contributed by atoms with van der Waals surface area (Å²) in [4.78, 5) is 11.0. The van der Waals surface area contributed by atoms with Gasteiger partial charge in [0.1, 0.15) is 10.8 Å². The number of carboxylic acid groups (broad SMARTS) is 1. The van der Waals surface area contributed by atoms with Gasteiger partial charge in [-0.1, -0.05) is 40.9 Å². The fourth-order valence-corrected chi connectivity index (χ4v) is 3.04. The van der Waals surface area contributed by atoms with Crippen LogP contribution in [0.4, 0.5) is 9.18 Å². The van der Waals surface area contributed by atoms with Gasteiger partial charge in [0, 0.05) is 5.39 Å². The lowest BCUT2D eigenvalue weighted by atomic mass is 10.2. The van der Waals surface area contributed by atoms with Crippen molar-refractivity contribution in [3.05, 3.63) is 62.8 Å². The van der Waals surface area contributed by atoms with Crippen molar-refractivity contribution in [2.75, 3.05) is 0 Å². The van der Waals surface area contributed by atoms with E-state index in [0.717, 1.165) is 5.56 Å². The topological polar surface area (TPSA) is 51.5 Å². The van der Waals surface area contributed by atoms with Crippen LogP contribution in [0.25, 0.3) is 10.9 Å². The highest BCUT2D eigenvalue weighted by Gasteiger charge is 2.20. The molecule has 0 amide bonds. The maximum Gasteiger partial charge on any atom is 0.512 e. The number of ether oxygens (including phenoxy) is 1. The van der Waals surface area contributed by atoms with Gasteiger partial charge in [0.2, 0.25) is 5.88 Å². The number of carbonyl (C=O) groups is 1. The third-order valence-corrected chi connectivity index (χ3v) is 4.53. The molecule has 0 bridgehead atoms. The van der Waals surface area contributed by atoms with E-state index in [0.29, 0.717) is 20.9 Å². The Morgan fingerprint density at radius 2 is 1.88 bits per heavy atom. The molecule has 1 N–H and O–H groups in total. The average molecular weight is 389 g/mol. The third kappa shape index (κ3) is 3.15. The van der Waals surface area contributed by atoms with Gasteiger partial charge in [0.25, 0.3) is 0 Å². The number of benzene rings is 2. The molecule has 3 rings (SSSR count). The van der Waals surface area contributed by atoms with Gasteiger partial charge in [-0.25, -0.2) is 9.18 Å². The maximum atomic E-state index is 13.5. The second-order valence-corrected chi connectivity index (χ2v) is 6.18. The van der Waals surface area contributed by atoms with Crippen LogP contribution in [-0.4, -0.2) is 15.8 Å². The van der Waals surface area contributed by atoms with Gasteiger partial charge in [0.05, 0.1) is 22.1 Å². The molecule has 8 heteroatoms. The molecular weight excluding hydrogens is 380 g/mol. The molecule has 0 aliphatic rings. The second kappa shape index (κ2) is 6.51. The Balaban J connectivity index is 2.16. The standard InChI is InChI=1S/C16H9Cl3FNO3/c17-11-3-1-8(5-12(11)18)7-21-13-4-2-9(20)6-10(13)14(19)15(21)24-16(22)23/h1-6H,7H2,(H,22,23). The molecule has 0 atom stereocenters. The van der Waals surface area contributed by atoms with Crippen LogP contribution in [0.2, 0.25) is 15.1 Å². The van der Waals surface area contributed by atoms with E-state index in [2.05, 4.69) is 0 Å². The quantitative estimate of drug-likeness (QED) is 0.573. The zero-order valence-electron chi connectivity index (χ0n) is 11.9. The number of rotatable bonds is 3. The molecule has 2 aromatic carbocycles. The van der Waals surface area contributed by atoms with Gasteiger partial charge < -0.3 is 14.4 Å². The molecule has 0 fully saturated rings. The van der Waals surface area contributed by atoms with E-state index >= 15 is 0 Å². The summed E-state index contributed by atoms with van der Waals surface area (Å²) in [6.45, 7) is 0.217. The fourth-order valence-electron chi connectivity index (χ4n) is 2.42. The zero-order valence-corrected chi connectivity index (χ0v) is 14.2. The van der Waals surface area contributed by atoms with E-state index in [1.807, 2.05) is 0 Å². The number of aromatic nitrogens is 1. The molecule has 0 radical (unpaired) electrons. The van der Waals surface area contributed by atoms with Gasteiger partial charge in [-0.3, -0.25) is 0 Å². The summed E-state index contributed by atoms with van der Waals surface area (Å²) in [5.74, 6) is -0.575. The van der Waals surface area contributed by atoms with Crippen LogP contribution >= 0.6 is 34.8 Å². The van der Waals surface area contributed by atoms with E-state index in [1.54, 1.807) is 18.2 Å². The van der Waals surface area contributed by atoms with E-state index in [-0.39, 0.29) is 17.4 Å². The van der Waals surface area contributed by atoms with Crippen molar-refractivity contribution in [3.63, 3.8) is 0 Å². The van der Waals surface area contributed by atoms with Crippen LogP contribution in [-0.2, 0) is 6.54 Å². The summed E-state index contributed by atoms with van der Waals surface area (Å²) < 4.78 is 19.8. The van der Waals surface area contributed by atoms with Crippen molar-refractivity contribution in [3.8, 4) is 5.88 Å². The monoisotopic (exact) mass is 387 g/mol. The first-order chi connectivity index (χ1) is 11.4. The normalized spacial score (nSPS) is 11.0. The molecule has 24 heavy (non-hydrogen) atoms. The van der Waals surface area contributed by atoms with Crippen LogP contribution in [0.3, 0.4) is 0 Å². The van der Waals surface area contributed by atoms with Crippen LogP contribution in [0.15, 0.2) is 36.4 Å². The van der Waals surface area contributed by atoms with Crippen molar-refractivity contribution < 1.29 is 19.0 Å². The number of halogens is 4. The van der Waals surface area contributed by atoms with Crippen molar-refractivity contribution in [2.45, 2.75) is 6.54 Å². The number of fused-ring (bicyclic) bond motifs is 1. The summed E-state index contributed by atoms with van der Waals surface area (Å²) in [7, 11) is 0. The largest absolute Gasteiger partial charge is 0.512 e. The maximum absolute atomic E-state index is 13.5. The zero-order chi connectivity index (χ0) is 17.4. The minimum Gasteiger partial charge on any atom is -0.449 e. The van der Waals surface area contributed by atoms with Crippen LogP contribution in [0, 0.1) is 5.82 Å². The Bertz CT molecular complexity index is 955. The van der Waals surface area contributed by atoms with Crippen molar-refractivity contribution >= 4 is 51.9 Å². The minimum atomic E-state index is -1.52. The number of hydrogen-bond donors (Lipinski definition) is 1. The lowest BCUT2D eigenvalue weighted by Gasteiger charge is -2.10. The van der Waals surface area contributed by atoms with Gasteiger partial charge in [-0.15, -0.1) is 0 Å². The highest BCUT2D eigenvalue weighted by atomic mass is 35.5. The molecule has 0 unspecified atom stereocenters. The molecular formula is C16H9Cl3FNO3. The van der Waals surface area contributed by atoms with E-state index in [1.165, 1.54) is 22.8 Å². The first-order valence-electron chi connectivity index (χ1n) is 6.68. The number of nitrogens with zero attached hydrogens (tertiary/aromatic N) is 1. The minimum absolute atomic E-state index is 0.0203. The highest BCUT2D eigenvalue weighted by Crippen LogP contribution is 2.38. The highest BCUT2D eigenvalue weighted by molar-refractivity contribution is 6.42. The Hall–Kier alpha value is -1.95. The Morgan fingerprint density at radius 3 is 2.54 bits per heavy atom. The predicted molar refractivity (Wildman–Crippen MR) is 91.1 cm³/mol. The molecule has 3 aromatic rings. The molecule has 4 nitrogen and oxygen atoms in total. The summed E-state index contributed by atoms with van der Waals surface area (Å²) in [5, 5.41) is 10.1. The average Bonchev–Trinajstić information content (AvgIpc) is 2.76. The van der Waals surface area contributed by atoms with Crippen LogP contribution < -0.4 is 4.74 Å². The molecule has 0 aliphatic heterocycles. The lowest BCUT2D eigenvalue weighted by Crippen LogP contribution is -2.09. The molecule has 0 aliphatic carbocycles. The Kier molecular flexibility index (Phi) is 4.58. The van der Waals surface area contributed by atoms with Gasteiger partial charge in [-0.2, -0.15) is 0 Å². The molecule has 124 valence electrons. The smallest absolute Gasteiger partial charge is 0.449 e. The molecule has 0 saturated carbocycles. The lowest BCUT2D eigenvalue weighted by molar-refractivity contribution is 0.141. The summed E-state index contributed by atoms with van der Waals surface area (Å²) in [6, 6.07) is 9.00. The first kappa shape index (κ1) is 16.9. The molecule has 0 spiro atoms. The number of hydrogen-bond acceptors (Lipinski definition) is 2. The van der Waals surface area contributed by atoms with Crippen molar-refractivity contribution in [1.82, 2.24) is 4.57 Å². The Morgan fingerprint density at radius 1 is 1.12 bits per heavy atom. The van der Waals surface area contributed by atoms with Gasteiger partial charge in [0.15, 0.2) is 0 Å². The van der Waals surface area contributed by atoms with Crippen LogP contribution in [0.5, 0.6) is 5.88 Å². The fraction of sp³-hybridized carbons (Fsp3) is 0.0625. The Labute approximate surface area is 150 Å². The first-order valence-corrected chi connectivity index (χ1v) is 7.82. The van der Waals surface area contributed by atoms with Crippen molar-refractivity contribution in [2.24, 2.45) is 0 Å². The summed E-state index contributed by atoms with van der Waals surface area (Å²) >= 11 is 18.1. The SMILES string of the molecule is O=C(O)Oc1c(Cl)c2cc(F)ccc2n1Cc1ccc(Cl)c(Cl)c1. The predicted octanol–water partition coefficient (Wildman–Crippen LogP) is 5.85. The van der Waals surface area contributed by atoms with E-state index in [4.69, 9.17) is 44.6 Å².